The van der Waals surface area contributed by atoms with Crippen LogP contribution in [-0.4, -0.2) is 47.8 Å². The molecule has 1 rings (SSSR count). The topological polar surface area (TPSA) is 49.8 Å². The molecular formula is C12H23NO3. The van der Waals surface area contributed by atoms with Gasteiger partial charge in [-0.05, 0) is 32.7 Å². The molecule has 3 unspecified atom stereocenters. The van der Waals surface area contributed by atoms with E-state index in [9.17, 15) is 9.90 Å². The predicted octanol–water partition coefficient (Wildman–Crippen LogP) is 1.03. The number of β-amino-alcohol motifs (C(OH)–C–C–N with tert-alkyl or cyclic N) is 1. The molecule has 0 saturated carbocycles. The zero-order chi connectivity index (χ0) is 12.1. The number of aliphatic hydroxyl groups excluding tert-OH is 1. The highest BCUT2D eigenvalue weighted by molar-refractivity contribution is 5.70. The third-order valence-corrected chi connectivity index (χ3v) is 3.34. The van der Waals surface area contributed by atoms with E-state index < -0.39 is 0 Å². The molecule has 0 aliphatic carbocycles. The number of piperidine rings is 1. The fraction of sp³-hybridized carbons (Fsp3) is 0.917. The van der Waals surface area contributed by atoms with Crippen molar-refractivity contribution in [2.24, 2.45) is 5.92 Å². The molecule has 0 aromatic rings. The second-order valence-electron chi connectivity index (χ2n) is 4.69. The summed E-state index contributed by atoms with van der Waals surface area (Å²) >= 11 is 0. The number of hydrogen-bond acceptors (Lipinski definition) is 4. The molecule has 4 heteroatoms. The lowest BCUT2D eigenvalue weighted by Gasteiger charge is -2.37. The van der Waals surface area contributed by atoms with Crippen molar-refractivity contribution < 1.29 is 14.6 Å². The van der Waals surface area contributed by atoms with Gasteiger partial charge in [-0.3, -0.25) is 9.69 Å². The van der Waals surface area contributed by atoms with Crippen LogP contribution in [0.5, 0.6) is 0 Å². The molecule has 0 bridgehead atoms. The number of likely N-dealkylation sites (tertiary alicyclic amines) is 1. The van der Waals surface area contributed by atoms with E-state index in [0.717, 1.165) is 13.0 Å². The van der Waals surface area contributed by atoms with Gasteiger partial charge in [0.05, 0.1) is 19.1 Å². The van der Waals surface area contributed by atoms with E-state index in [4.69, 9.17) is 4.74 Å². The first-order valence-corrected chi connectivity index (χ1v) is 6.12. The van der Waals surface area contributed by atoms with E-state index in [-0.39, 0.29) is 18.1 Å². The molecule has 0 amide bonds. The Hall–Kier alpha value is -0.610. The highest BCUT2D eigenvalue weighted by Gasteiger charge is 2.28. The normalized spacial score (nSPS) is 28.8. The summed E-state index contributed by atoms with van der Waals surface area (Å²) in [5.41, 5.74) is 0. The van der Waals surface area contributed by atoms with Crippen LogP contribution in [0.1, 0.15) is 33.6 Å². The molecule has 1 N–H and O–H groups in total. The molecular weight excluding hydrogens is 206 g/mol. The molecule has 1 heterocycles. The number of rotatable bonds is 4. The average molecular weight is 229 g/mol. The molecule has 0 aromatic carbocycles. The van der Waals surface area contributed by atoms with Crippen molar-refractivity contribution in [3.05, 3.63) is 0 Å². The Labute approximate surface area is 97.6 Å². The highest BCUT2D eigenvalue weighted by atomic mass is 16.5. The van der Waals surface area contributed by atoms with Crippen molar-refractivity contribution in [1.29, 1.82) is 0 Å². The Morgan fingerprint density at radius 1 is 1.62 bits per heavy atom. The lowest BCUT2D eigenvalue weighted by atomic mass is 9.95. The van der Waals surface area contributed by atoms with E-state index in [0.29, 0.717) is 25.5 Å². The summed E-state index contributed by atoms with van der Waals surface area (Å²) in [5.74, 6) is 0.217. The van der Waals surface area contributed by atoms with Crippen molar-refractivity contribution >= 4 is 5.97 Å². The lowest BCUT2D eigenvalue weighted by Crippen LogP contribution is -2.47. The SMILES string of the molecule is CCOC(=O)CC(C)N1CCC(C)C(O)C1. The molecule has 4 nitrogen and oxygen atoms in total. The molecule has 1 aliphatic rings. The van der Waals surface area contributed by atoms with Gasteiger partial charge in [-0.1, -0.05) is 6.92 Å². The van der Waals surface area contributed by atoms with Crippen LogP contribution >= 0.6 is 0 Å². The van der Waals surface area contributed by atoms with Crippen molar-refractivity contribution in [3.8, 4) is 0 Å². The summed E-state index contributed by atoms with van der Waals surface area (Å²) < 4.78 is 4.92. The van der Waals surface area contributed by atoms with Crippen LogP contribution in [0, 0.1) is 5.92 Å². The second-order valence-corrected chi connectivity index (χ2v) is 4.69. The van der Waals surface area contributed by atoms with Crippen LogP contribution in [0.25, 0.3) is 0 Å². The van der Waals surface area contributed by atoms with Crippen LogP contribution in [0.3, 0.4) is 0 Å². The zero-order valence-corrected chi connectivity index (χ0v) is 10.5. The monoisotopic (exact) mass is 229 g/mol. The molecule has 1 fully saturated rings. The predicted molar refractivity (Wildman–Crippen MR) is 62.1 cm³/mol. The van der Waals surface area contributed by atoms with E-state index in [1.54, 1.807) is 0 Å². The maximum absolute atomic E-state index is 11.3. The number of carbonyl (C=O) groups excluding carboxylic acids is 1. The molecule has 0 radical (unpaired) electrons. The Bertz CT molecular complexity index is 232. The van der Waals surface area contributed by atoms with E-state index in [2.05, 4.69) is 11.8 Å². The molecule has 1 saturated heterocycles. The zero-order valence-electron chi connectivity index (χ0n) is 10.5. The molecule has 3 atom stereocenters. The average Bonchev–Trinajstić information content (AvgIpc) is 2.22. The van der Waals surface area contributed by atoms with Gasteiger partial charge in [0.1, 0.15) is 0 Å². The first-order chi connectivity index (χ1) is 7.54. The molecule has 0 spiro atoms. The van der Waals surface area contributed by atoms with Gasteiger partial charge in [0.2, 0.25) is 0 Å². The van der Waals surface area contributed by atoms with Gasteiger partial charge in [0, 0.05) is 12.6 Å². The molecule has 16 heavy (non-hydrogen) atoms. The minimum absolute atomic E-state index is 0.150. The Balaban J connectivity index is 2.36. The van der Waals surface area contributed by atoms with Gasteiger partial charge >= 0.3 is 5.97 Å². The van der Waals surface area contributed by atoms with Gasteiger partial charge in [-0.15, -0.1) is 0 Å². The number of ether oxygens (including phenoxy) is 1. The Morgan fingerprint density at radius 2 is 2.31 bits per heavy atom. The van der Waals surface area contributed by atoms with E-state index in [1.807, 2.05) is 13.8 Å². The fourth-order valence-electron chi connectivity index (χ4n) is 2.06. The summed E-state index contributed by atoms with van der Waals surface area (Å²) in [6, 6.07) is 0.154. The summed E-state index contributed by atoms with van der Waals surface area (Å²) in [7, 11) is 0. The smallest absolute Gasteiger partial charge is 0.307 e. The minimum Gasteiger partial charge on any atom is -0.466 e. The van der Waals surface area contributed by atoms with Crippen LogP contribution in [-0.2, 0) is 9.53 Å². The number of nitrogens with zero attached hydrogens (tertiary/aromatic N) is 1. The van der Waals surface area contributed by atoms with Crippen molar-refractivity contribution in [2.45, 2.75) is 45.8 Å². The Kier molecular flexibility index (Phi) is 5.22. The van der Waals surface area contributed by atoms with Crippen molar-refractivity contribution in [2.75, 3.05) is 19.7 Å². The van der Waals surface area contributed by atoms with Gasteiger partial charge in [0.25, 0.3) is 0 Å². The summed E-state index contributed by atoms with van der Waals surface area (Å²) in [5, 5.41) is 9.78. The Morgan fingerprint density at radius 3 is 2.88 bits per heavy atom. The van der Waals surface area contributed by atoms with Gasteiger partial charge in [0.15, 0.2) is 0 Å². The third kappa shape index (κ3) is 3.76. The van der Waals surface area contributed by atoms with Crippen LogP contribution in [0.15, 0.2) is 0 Å². The van der Waals surface area contributed by atoms with Gasteiger partial charge in [-0.2, -0.15) is 0 Å². The largest absolute Gasteiger partial charge is 0.466 e. The van der Waals surface area contributed by atoms with Gasteiger partial charge < -0.3 is 9.84 Å². The first kappa shape index (κ1) is 13.5. The number of esters is 1. The summed E-state index contributed by atoms with van der Waals surface area (Å²) in [6.45, 7) is 7.96. The highest BCUT2D eigenvalue weighted by Crippen LogP contribution is 2.19. The quantitative estimate of drug-likeness (QED) is 0.732. The number of carbonyl (C=O) groups is 1. The summed E-state index contributed by atoms with van der Waals surface area (Å²) in [6.07, 6.45) is 1.14. The minimum atomic E-state index is -0.265. The lowest BCUT2D eigenvalue weighted by molar-refractivity contribution is -0.144. The van der Waals surface area contributed by atoms with E-state index in [1.165, 1.54) is 0 Å². The molecule has 94 valence electrons. The van der Waals surface area contributed by atoms with Gasteiger partial charge in [-0.25, -0.2) is 0 Å². The molecule has 0 aromatic heterocycles. The molecule has 1 aliphatic heterocycles. The standard InChI is InChI=1S/C12H23NO3/c1-4-16-12(15)7-10(3)13-6-5-9(2)11(14)8-13/h9-11,14H,4-8H2,1-3H3. The number of hydrogen-bond donors (Lipinski definition) is 1. The number of aliphatic hydroxyl groups is 1. The van der Waals surface area contributed by atoms with Crippen LogP contribution in [0.4, 0.5) is 0 Å². The maximum Gasteiger partial charge on any atom is 0.307 e. The first-order valence-electron chi connectivity index (χ1n) is 6.12. The van der Waals surface area contributed by atoms with Crippen molar-refractivity contribution in [3.63, 3.8) is 0 Å². The van der Waals surface area contributed by atoms with Crippen LogP contribution in [0.2, 0.25) is 0 Å². The summed E-state index contributed by atoms with van der Waals surface area (Å²) in [4.78, 5) is 13.5. The maximum atomic E-state index is 11.3. The third-order valence-electron chi connectivity index (χ3n) is 3.34. The fourth-order valence-corrected chi connectivity index (χ4v) is 2.06. The van der Waals surface area contributed by atoms with E-state index >= 15 is 0 Å². The van der Waals surface area contributed by atoms with Crippen LogP contribution < -0.4 is 0 Å². The van der Waals surface area contributed by atoms with Crippen molar-refractivity contribution in [1.82, 2.24) is 4.90 Å². The second kappa shape index (κ2) is 6.21.